The molecule has 12 heteroatoms. The molecule has 0 unspecified atom stereocenters. The SMILES string of the molecule is COc1cc(/C=C/C(=O)CON(CCc2ccc(O)cc2)N(CCc2ccc(O)c(OC)c2)C(=O)/C=C/c2ccc(O)c(OC)c2)ccc1O. The molecule has 0 aromatic heterocycles. The summed E-state index contributed by atoms with van der Waals surface area (Å²) < 4.78 is 15.6. The number of carbonyl (C=O) groups is 2. The number of hydrogen-bond donors (Lipinski definition) is 4. The standard InChI is InChI=1S/C38H40N2O10/c1-47-35-22-27(7-14-32(35)43)6-13-31(42)25-50-40(21-19-26-4-11-30(41)12-5-26)39(20-18-29-9-16-34(45)37(24-29)49-3)38(46)17-10-28-8-15-33(44)36(23-28)48-2/h4-17,22-24,41,43-45H,18-21,25H2,1-3H3/b13-6+,17-10+. The number of rotatable bonds is 17. The molecule has 0 heterocycles. The van der Waals surface area contributed by atoms with Crippen LogP contribution in [0.25, 0.3) is 12.2 Å². The molecule has 0 bridgehead atoms. The van der Waals surface area contributed by atoms with Crippen LogP contribution < -0.4 is 14.2 Å². The van der Waals surface area contributed by atoms with Gasteiger partial charge in [0.15, 0.2) is 40.3 Å². The molecule has 0 spiro atoms. The van der Waals surface area contributed by atoms with Crippen molar-refractivity contribution in [2.24, 2.45) is 0 Å². The zero-order chi connectivity index (χ0) is 36.0. The molecule has 4 N–H and O–H groups in total. The highest BCUT2D eigenvalue weighted by Gasteiger charge is 2.22. The van der Waals surface area contributed by atoms with Crippen LogP contribution in [0.5, 0.6) is 40.2 Å². The molecule has 0 aliphatic rings. The molecule has 1 amide bonds. The Hall–Kier alpha value is -5.98. The van der Waals surface area contributed by atoms with E-state index in [4.69, 9.17) is 19.0 Å². The van der Waals surface area contributed by atoms with Gasteiger partial charge in [-0.3, -0.25) is 14.4 Å². The van der Waals surface area contributed by atoms with Gasteiger partial charge in [-0.1, -0.05) is 41.6 Å². The molecule has 12 nitrogen and oxygen atoms in total. The number of ether oxygens (including phenoxy) is 3. The van der Waals surface area contributed by atoms with Crippen LogP contribution in [0.15, 0.2) is 91.0 Å². The highest BCUT2D eigenvalue weighted by atomic mass is 16.7. The number of hydrazine groups is 1. The first-order valence-corrected chi connectivity index (χ1v) is 15.6. The van der Waals surface area contributed by atoms with Crippen molar-refractivity contribution in [1.29, 1.82) is 0 Å². The largest absolute Gasteiger partial charge is 0.508 e. The molecular formula is C38H40N2O10. The lowest BCUT2D eigenvalue weighted by atomic mass is 10.1. The van der Waals surface area contributed by atoms with Gasteiger partial charge >= 0.3 is 0 Å². The van der Waals surface area contributed by atoms with Gasteiger partial charge < -0.3 is 34.6 Å². The summed E-state index contributed by atoms with van der Waals surface area (Å²) in [5.74, 6) is -0.0522. The third-order valence-corrected chi connectivity index (χ3v) is 7.55. The van der Waals surface area contributed by atoms with Crippen LogP contribution >= 0.6 is 0 Å². The lowest BCUT2D eigenvalue weighted by molar-refractivity contribution is -0.268. The molecule has 0 aliphatic carbocycles. The molecule has 0 saturated carbocycles. The summed E-state index contributed by atoms with van der Waals surface area (Å²) in [4.78, 5) is 32.9. The third kappa shape index (κ3) is 10.5. The lowest BCUT2D eigenvalue weighted by Crippen LogP contribution is -2.48. The van der Waals surface area contributed by atoms with Crippen molar-refractivity contribution in [2.45, 2.75) is 12.8 Å². The van der Waals surface area contributed by atoms with E-state index in [1.807, 2.05) is 0 Å². The van der Waals surface area contributed by atoms with Crippen LogP contribution in [0.2, 0.25) is 0 Å². The smallest absolute Gasteiger partial charge is 0.262 e. The first-order valence-electron chi connectivity index (χ1n) is 15.6. The number of hydrogen-bond acceptors (Lipinski definition) is 11. The van der Waals surface area contributed by atoms with Crippen LogP contribution in [0.4, 0.5) is 0 Å². The molecule has 262 valence electrons. The number of phenolic OH excluding ortho intramolecular Hbond substituents is 4. The van der Waals surface area contributed by atoms with E-state index < -0.39 is 18.3 Å². The topological polar surface area (TPSA) is 158 Å². The van der Waals surface area contributed by atoms with Gasteiger partial charge in [0.1, 0.15) is 12.4 Å². The Labute approximate surface area is 290 Å². The quantitative estimate of drug-likeness (QED) is 0.0846. The summed E-state index contributed by atoms with van der Waals surface area (Å²) in [6.45, 7) is -0.137. The van der Waals surface area contributed by atoms with E-state index in [1.54, 1.807) is 72.8 Å². The number of methoxy groups -OCH3 is 3. The maximum Gasteiger partial charge on any atom is 0.262 e. The molecule has 50 heavy (non-hydrogen) atoms. The predicted octanol–water partition coefficient (Wildman–Crippen LogP) is 5.29. The van der Waals surface area contributed by atoms with E-state index in [0.29, 0.717) is 24.0 Å². The summed E-state index contributed by atoms with van der Waals surface area (Å²) >= 11 is 0. The van der Waals surface area contributed by atoms with Gasteiger partial charge in [-0.05, 0) is 95.8 Å². The fraction of sp³-hybridized carbons (Fsp3) is 0.211. The first kappa shape index (κ1) is 36.8. The summed E-state index contributed by atoms with van der Waals surface area (Å²) in [5, 5.41) is 42.4. The maximum atomic E-state index is 13.9. The Morgan fingerprint density at radius 2 is 1.12 bits per heavy atom. The minimum atomic E-state index is -0.465. The average Bonchev–Trinajstić information content (AvgIpc) is 3.12. The number of hydroxylamine groups is 1. The number of carbonyl (C=O) groups excluding carboxylic acids is 2. The van der Waals surface area contributed by atoms with Crippen molar-refractivity contribution in [1.82, 2.24) is 10.2 Å². The van der Waals surface area contributed by atoms with E-state index in [0.717, 1.165) is 11.1 Å². The molecular weight excluding hydrogens is 644 g/mol. The lowest BCUT2D eigenvalue weighted by Gasteiger charge is -2.33. The Balaban J connectivity index is 1.61. The number of nitrogens with zero attached hydrogens (tertiary/aromatic N) is 2. The highest BCUT2D eigenvalue weighted by molar-refractivity contribution is 5.94. The summed E-state index contributed by atoms with van der Waals surface area (Å²) in [6.07, 6.45) is 6.53. The van der Waals surface area contributed by atoms with Crippen LogP contribution in [0.3, 0.4) is 0 Å². The Kier molecular flexibility index (Phi) is 13.2. The Morgan fingerprint density at radius 3 is 1.70 bits per heavy atom. The minimum absolute atomic E-state index is 0.0207. The van der Waals surface area contributed by atoms with E-state index in [2.05, 4.69) is 0 Å². The zero-order valence-electron chi connectivity index (χ0n) is 28.0. The Bertz CT molecular complexity index is 1820. The zero-order valence-corrected chi connectivity index (χ0v) is 28.0. The van der Waals surface area contributed by atoms with Crippen molar-refractivity contribution in [3.63, 3.8) is 0 Å². The number of benzene rings is 4. The number of aromatic hydroxyl groups is 4. The van der Waals surface area contributed by atoms with Gasteiger partial charge in [0.05, 0.1) is 21.3 Å². The molecule has 4 aromatic carbocycles. The minimum Gasteiger partial charge on any atom is -0.508 e. The molecule has 4 aromatic rings. The third-order valence-electron chi connectivity index (χ3n) is 7.55. The van der Waals surface area contributed by atoms with Crippen LogP contribution in [-0.2, 0) is 27.3 Å². The summed E-state index contributed by atoms with van der Waals surface area (Å²) in [6, 6.07) is 20.8. The molecule has 0 fully saturated rings. The average molecular weight is 685 g/mol. The highest BCUT2D eigenvalue weighted by Crippen LogP contribution is 2.29. The fourth-order valence-corrected chi connectivity index (χ4v) is 4.81. The fourth-order valence-electron chi connectivity index (χ4n) is 4.81. The van der Waals surface area contributed by atoms with Gasteiger partial charge in [0.25, 0.3) is 5.91 Å². The van der Waals surface area contributed by atoms with Gasteiger partial charge in [0.2, 0.25) is 0 Å². The van der Waals surface area contributed by atoms with E-state index in [9.17, 15) is 30.0 Å². The van der Waals surface area contributed by atoms with Crippen molar-refractivity contribution in [3.8, 4) is 40.2 Å². The number of phenols is 4. The van der Waals surface area contributed by atoms with Crippen molar-refractivity contribution < 1.29 is 49.1 Å². The van der Waals surface area contributed by atoms with Crippen molar-refractivity contribution in [3.05, 3.63) is 113 Å². The maximum absolute atomic E-state index is 13.9. The second kappa shape index (κ2) is 18.0. The van der Waals surface area contributed by atoms with Crippen LogP contribution in [-0.4, -0.2) is 83.3 Å². The molecule has 0 radical (unpaired) electrons. The van der Waals surface area contributed by atoms with Gasteiger partial charge in [-0.25, -0.2) is 5.01 Å². The summed E-state index contributed by atoms with van der Waals surface area (Å²) in [7, 11) is 4.30. The molecule has 4 rings (SSSR count). The van der Waals surface area contributed by atoms with Gasteiger partial charge in [0, 0.05) is 19.2 Å². The monoisotopic (exact) mass is 684 g/mol. The molecule has 0 atom stereocenters. The second-order valence-corrected chi connectivity index (χ2v) is 11.0. The van der Waals surface area contributed by atoms with Crippen molar-refractivity contribution >= 4 is 23.8 Å². The van der Waals surface area contributed by atoms with Crippen LogP contribution in [0.1, 0.15) is 22.3 Å². The van der Waals surface area contributed by atoms with Gasteiger partial charge in [-0.15, -0.1) is 0 Å². The van der Waals surface area contributed by atoms with Gasteiger partial charge in [-0.2, -0.15) is 0 Å². The number of ketones is 1. The van der Waals surface area contributed by atoms with Crippen LogP contribution in [0, 0.1) is 0 Å². The number of amides is 1. The van der Waals surface area contributed by atoms with E-state index in [-0.39, 0.29) is 53.3 Å². The second-order valence-electron chi connectivity index (χ2n) is 11.0. The first-order chi connectivity index (χ1) is 24.1. The predicted molar refractivity (Wildman–Crippen MR) is 187 cm³/mol. The normalized spacial score (nSPS) is 11.3. The Morgan fingerprint density at radius 1 is 0.620 bits per heavy atom. The van der Waals surface area contributed by atoms with E-state index >= 15 is 0 Å². The molecule has 0 aliphatic heterocycles. The summed E-state index contributed by atoms with van der Waals surface area (Å²) in [5.41, 5.74) is 2.84. The van der Waals surface area contributed by atoms with E-state index in [1.165, 1.54) is 61.9 Å². The van der Waals surface area contributed by atoms with Crippen molar-refractivity contribution in [2.75, 3.05) is 41.0 Å². The molecule has 0 saturated heterocycles.